The van der Waals surface area contributed by atoms with Crippen LogP contribution in [0.15, 0.2) is 35.1 Å². The maximum atomic E-state index is 5.91. The zero-order valence-corrected chi connectivity index (χ0v) is 14.1. The summed E-state index contributed by atoms with van der Waals surface area (Å²) < 4.78 is 6.80. The number of nitrogens with one attached hydrogen (secondary N) is 1. The molecule has 2 aromatic rings. The van der Waals surface area contributed by atoms with Crippen LogP contribution in [0.2, 0.25) is 0 Å². The Morgan fingerprint density at radius 2 is 2.14 bits per heavy atom. The van der Waals surface area contributed by atoms with E-state index in [1.54, 1.807) is 0 Å². The normalized spacial score (nSPS) is 15.4. The van der Waals surface area contributed by atoms with Crippen molar-refractivity contribution in [1.29, 1.82) is 0 Å². The minimum Gasteiger partial charge on any atom is -0.487 e. The molecule has 21 heavy (non-hydrogen) atoms. The molecule has 110 valence electrons. The predicted molar refractivity (Wildman–Crippen MR) is 88.9 cm³/mol. The van der Waals surface area contributed by atoms with Crippen LogP contribution in [0, 0.1) is 6.92 Å². The van der Waals surface area contributed by atoms with Gasteiger partial charge in [-0.05, 0) is 65.5 Å². The van der Waals surface area contributed by atoms with Crippen molar-refractivity contribution in [2.24, 2.45) is 0 Å². The number of rotatable bonds is 3. The average molecular weight is 347 g/mol. The number of pyridine rings is 1. The first-order chi connectivity index (χ1) is 9.93. The van der Waals surface area contributed by atoms with Gasteiger partial charge in [-0.25, -0.2) is 4.98 Å². The van der Waals surface area contributed by atoms with Gasteiger partial charge in [0.15, 0.2) is 0 Å². The summed E-state index contributed by atoms with van der Waals surface area (Å²) in [4.78, 5) is 4.30. The third-order valence-corrected chi connectivity index (χ3v) is 4.47. The monoisotopic (exact) mass is 346 g/mol. The molecule has 1 N–H and O–H groups in total. The summed E-state index contributed by atoms with van der Waals surface area (Å²) in [6.45, 7) is 7.08. The van der Waals surface area contributed by atoms with E-state index in [9.17, 15) is 0 Å². The van der Waals surface area contributed by atoms with Gasteiger partial charge in [-0.2, -0.15) is 0 Å². The molecule has 4 heteroatoms. The number of fused-ring (bicyclic) bond motifs is 1. The molecule has 3 nitrogen and oxygen atoms in total. The number of ether oxygens (including phenoxy) is 1. The first-order valence-electron chi connectivity index (χ1n) is 7.10. The Labute approximate surface area is 133 Å². The topological polar surface area (TPSA) is 34.1 Å². The summed E-state index contributed by atoms with van der Waals surface area (Å²) in [5.41, 5.74) is 4.64. The Morgan fingerprint density at radius 1 is 1.33 bits per heavy atom. The number of benzene rings is 1. The molecule has 0 atom stereocenters. The minimum atomic E-state index is -0.0822. The van der Waals surface area contributed by atoms with Crippen LogP contribution < -0.4 is 10.1 Å². The lowest BCUT2D eigenvalue weighted by atomic mass is 10.0. The minimum absolute atomic E-state index is 0.0822. The molecule has 0 aliphatic carbocycles. The number of aromatic nitrogens is 1. The Morgan fingerprint density at radius 3 is 2.90 bits per heavy atom. The summed E-state index contributed by atoms with van der Waals surface area (Å²) in [5, 5.41) is 3.42. The van der Waals surface area contributed by atoms with Crippen molar-refractivity contribution in [1.82, 2.24) is 4.98 Å². The second-order valence-electron chi connectivity index (χ2n) is 6.17. The molecule has 1 aliphatic rings. The lowest BCUT2D eigenvalue weighted by Gasteiger charge is -2.16. The van der Waals surface area contributed by atoms with Crippen LogP contribution in [0.3, 0.4) is 0 Å². The molecule has 0 amide bonds. The Bertz CT molecular complexity index is 682. The summed E-state index contributed by atoms with van der Waals surface area (Å²) in [7, 11) is 0. The molecule has 1 aromatic carbocycles. The Balaban J connectivity index is 1.71. The highest BCUT2D eigenvalue weighted by Gasteiger charge is 2.29. The van der Waals surface area contributed by atoms with Crippen LogP contribution in [0.25, 0.3) is 0 Å². The third-order valence-electron chi connectivity index (χ3n) is 3.64. The summed E-state index contributed by atoms with van der Waals surface area (Å²) in [6.07, 6.45) is 2.81. The predicted octanol–water partition coefficient (Wildman–Crippen LogP) is 4.48. The van der Waals surface area contributed by atoms with Crippen molar-refractivity contribution in [3.05, 3.63) is 51.8 Å². The number of anilines is 1. The van der Waals surface area contributed by atoms with E-state index < -0.39 is 0 Å². The van der Waals surface area contributed by atoms with Gasteiger partial charge < -0.3 is 10.1 Å². The van der Waals surface area contributed by atoms with Crippen molar-refractivity contribution >= 4 is 21.6 Å². The smallest absolute Gasteiger partial charge is 0.123 e. The van der Waals surface area contributed by atoms with Crippen LogP contribution in [-0.4, -0.2) is 10.6 Å². The van der Waals surface area contributed by atoms with E-state index in [1.807, 2.05) is 13.1 Å². The van der Waals surface area contributed by atoms with Gasteiger partial charge in [0, 0.05) is 13.0 Å². The van der Waals surface area contributed by atoms with E-state index in [2.05, 4.69) is 64.3 Å². The SMILES string of the molecule is Cc1cc(NCc2ccc3c(c2)CC(C)(C)O3)cnc1Br. The molecule has 0 unspecified atom stereocenters. The van der Waals surface area contributed by atoms with Crippen molar-refractivity contribution in [2.75, 3.05) is 5.32 Å². The average Bonchev–Trinajstić information content (AvgIpc) is 2.73. The van der Waals surface area contributed by atoms with Crippen molar-refractivity contribution < 1.29 is 4.74 Å². The van der Waals surface area contributed by atoms with Gasteiger partial charge in [-0.3, -0.25) is 0 Å². The van der Waals surface area contributed by atoms with E-state index in [-0.39, 0.29) is 5.60 Å². The van der Waals surface area contributed by atoms with Gasteiger partial charge in [-0.15, -0.1) is 0 Å². The number of hydrogen-bond donors (Lipinski definition) is 1. The zero-order valence-electron chi connectivity index (χ0n) is 12.5. The van der Waals surface area contributed by atoms with Crippen molar-refractivity contribution in [2.45, 2.75) is 39.3 Å². The zero-order chi connectivity index (χ0) is 15.0. The number of hydrogen-bond acceptors (Lipinski definition) is 3. The van der Waals surface area contributed by atoms with Crippen LogP contribution in [-0.2, 0) is 13.0 Å². The number of halogens is 1. The van der Waals surface area contributed by atoms with E-state index in [1.165, 1.54) is 11.1 Å². The third kappa shape index (κ3) is 3.21. The highest BCUT2D eigenvalue weighted by molar-refractivity contribution is 9.10. The molecule has 1 aliphatic heterocycles. The highest BCUT2D eigenvalue weighted by Crippen LogP contribution is 2.35. The molecular formula is C17H19BrN2O. The lowest BCUT2D eigenvalue weighted by molar-refractivity contribution is 0.138. The van der Waals surface area contributed by atoms with Crippen LogP contribution in [0.5, 0.6) is 5.75 Å². The van der Waals surface area contributed by atoms with Crippen LogP contribution in [0.1, 0.15) is 30.5 Å². The second kappa shape index (κ2) is 5.34. The Hall–Kier alpha value is -1.55. The molecule has 0 fully saturated rings. The van der Waals surface area contributed by atoms with Gasteiger partial charge in [0.25, 0.3) is 0 Å². The molecule has 0 saturated carbocycles. The first kappa shape index (κ1) is 14.4. The fourth-order valence-electron chi connectivity index (χ4n) is 2.63. The van der Waals surface area contributed by atoms with Gasteiger partial charge in [-0.1, -0.05) is 12.1 Å². The molecule has 0 spiro atoms. The second-order valence-corrected chi connectivity index (χ2v) is 6.92. The van der Waals surface area contributed by atoms with Gasteiger partial charge in [0.2, 0.25) is 0 Å². The van der Waals surface area contributed by atoms with E-state index in [0.717, 1.165) is 34.6 Å². The molecular weight excluding hydrogens is 328 g/mol. The molecule has 3 rings (SSSR count). The largest absolute Gasteiger partial charge is 0.487 e. The summed E-state index contributed by atoms with van der Waals surface area (Å²) in [6, 6.07) is 8.52. The number of nitrogens with zero attached hydrogens (tertiary/aromatic N) is 1. The first-order valence-corrected chi connectivity index (χ1v) is 7.89. The number of aryl methyl sites for hydroxylation is 1. The van der Waals surface area contributed by atoms with Crippen LogP contribution >= 0.6 is 15.9 Å². The fraction of sp³-hybridized carbons (Fsp3) is 0.353. The van der Waals surface area contributed by atoms with Gasteiger partial charge >= 0.3 is 0 Å². The standard InChI is InChI=1S/C17H19BrN2O/c1-11-6-14(10-20-16(11)18)19-9-12-4-5-15-13(7-12)8-17(2,3)21-15/h4-7,10,19H,8-9H2,1-3H3. The maximum Gasteiger partial charge on any atom is 0.123 e. The van der Waals surface area contributed by atoms with E-state index in [0.29, 0.717) is 0 Å². The highest BCUT2D eigenvalue weighted by atomic mass is 79.9. The fourth-order valence-corrected chi connectivity index (χ4v) is 2.85. The van der Waals surface area contributed by atoms with E-state index >= 15 is 0 Å². The van der Waals surface area contributed by atoms with Gasteiger partial charge in [0.1, 0.15) is 16.0 Å². The van der Waals surface area contributed by atoms with E-state index in [4.69, 9.17) is 4.74 Å². The molecule has 1 aromatic heterocycles. The molecule has 0 radical (unpaired) electrons. The quantitative estimate of drug-likeness (QED) is 0.832. The molecule has 0 bridgehead atoms. The van der Waals surface area contributed by atoms with Crippen molar-refractivity contribution in [3.63, 3.8) is 0 Å². The summed E-state index contributed by atoms with van der Waals surface area (Å²) in [5.74, 6) is 1.02. The summed E-state index contributed by atoms with van der Waals surface area (Å²) >= 11 is 3.42. The Kier molecular flexibility index (Phi) is 3.66. The van der Waals surface area contributed by atoms with Crippen LogP contribution in [0.4, 0.5) is 5.69 Å². The lowest BCUT2D eigenvalue weighted by Crippen LogP contribution is -2.24. The van der Waals surface area contributed by atoms with Gasteiger partial charge in [0.05, 0.1) is 11.9 Å². The molecule has 0 saturated heterocycles. The molecule has 2 heterocycles. The maximum absolute atomic E-state index is 5.91. The van der Waals surface area contributed by atoms with Crippen molar-refractivity contribution in [3.8, 4) is 5.75 Å².